The predicted molar refractivity (Wildman–Crippen MR) is 228 cm³/mol. The van der Waals surface area contributed by atoms with Crippen molar-refractivity contribution >= 4 is 46.3 Å². The lowest BCUT2D eigenvalue weighted by Gasteiger charge is -2.29. The summed E-state index contributed by atoms with van der Waals surface area (Å²) in [5.74, 6) is 2.66. The molecule has 62 heavy (non-hydrogen) atoms. The van der Waals surface area contributed by atoms with Crippen molar-refractivity contribution in [3.63, 3.8) is 0 Å². The standard InChI is InChI=1S/C46H43F2N9O5/c1-45(2,3)39-23-40(55-54-39)52-44(61)51-32-11-13-33(14-12-32)57-27-50-36-22-34(15-17-37(36)57)62-20-4-5-28-6-9-31(10-7-28)46(47,48)26-49-24-29-8-16-35-30(21-29)25-56(43(35)60)38-18-19-41(58)53-42(38)59/h6-17,21-23,27,38,49H,18-20,24-26H2,1-3H3,(H,53,58,59)(H3,51,52,54,55,61). The van der Waals surface area contributed by atoms with E-state index in [0.29, 0.717) is 39.5 Å². The highest BCUT2D eigenvalue weighted by Gasteiger charge is 2.39. The highest BCUT2D eigenvalue weighted by atomic mass is 19.3. The molecule has 1 saturated heterocycles. The number of piperidine rings is 1. The van der Waals surface area contributed by atoms with Gasteiger partial charge in [-0.2, -0.15) is 13.9 Å². The molecule has 8 rings (SSSR count). The van der Waals surface area contributed by atoms with Crippen molar-refractivity contribution in [1.29, 1.82) is 0 Å². The van der Waals surface area contributed by atoms with Crippen LogP contribution in [-0.2, 0) is 34.0 Å². The molecule has 14 nitrogen and oxygen atoms in total. The number of hydrogen-bond acceptors (Lipinski definition) is 8. The van der Waals surface area contributed by atoms with Crippen LogP contribution in [0.2, 0.25) is 0 Å². The van der Waals surface area contributed by atoms with Gasteiger partial charge in [0, 0.05) is 65.1 Å². The number of H-pyrrole nitrogens is 1. The number of aromatic nitrogens is 4. The first-order chi connectivity index (χ1) is 29.7. The molecule has 5 amide bonds. The third-order valence-electron chi connectivity index (χ3n) is 10.6. The number of hydrogen-bond donors (Lipinski definition) is 5. The summed E-state index contributed by atoms with van der Waals surface area (Å²) >= 11 is 0. The highest BCUT2D eigenvalue weighted by molar-refractivity contribution is 6.05. The summed E-state index contributed by atoms with van der Waals surface area (Å²) in [7, 11) is 0. The smallest absolute Gasteiger partial charge is 0.324 e. The molecule has 1 unspecified atom stereocenters. The second kappa shape index (κ2) is 16.9. The molecule has 2 aliphatic heterocycles. The van der Waals surface area contributed by atoms with E-state index in [-0.39, 0.29) is 55.3 Å². The molecule has 316 valence electrons. The molecule has 0 saturated carbocycles. The van der Waals surface area contributed by atoms with Gasteiger partial charge in [-0.3, -0.25) is 34.7 Å². The molecule has 4 heterocycles. The summed E-state index contributed by atoms with van der Waals surface area (Å²) in [5, 5.41) is 17.8. The maximum atomic E-state index is 15.2. The molecule has 2 aromatic heterocycles. The van der Waals surface area contributed by atoms with Crippen LogP contribution in [0, 0.1) is 11.8 Å². The van der Waals surface area contributed by atoms with Gasteiger partial charge in [0.2, 0.25) is 11.8 Å². The van der Waals surface area contributed by atoms with E-state index in [4.69, 9.17) is 4.74 Å². The monoisotopic (exact) mass is 839 g/mol. The first-order valence-corrected chi connectivity index (χ1v) is 20.0. The zero-order chi connectivity index (χ0) is 43.6. The number of amides is 5. The average Bonchev–Trinajstić information content (AvgIpc) is 3.97. The molecule has 2 aliphatic rings. The maximum Gasteiger partial charge on any atom is 0.324 e. The number of anilines is 2. The number of aromatic amines is 1. The lowest BCUT2D eigenvalue weighted by atomic mass is 9.92. The van der Waals surface area contributed by atoms with Gasteiger partial charge in [-0.25, -0.2) is 9.78 Å². The van der Waals surface area contributed by atoms with Gasteiger partial charge in [0.05, 0.1) is 23.3 Å². The van der Waals surface area contributed by atoms with Crippen LogP contribution in [0.3, 0.4) is 0 Å². The van der Waals surface area contributed by atoms with E-state index < -0.39 is 30.4 Å². The largest absolute Gasteiger partial charge is 0.481 e. The van der Waals surface area contributed by atoms with Crippen molar-refractivity contribution in [3.8, 4) is 23.3 Å². The molecule has 5 N–H and O–H groups in total. The summed E-state index contributed by atoms with van der Waals surface area (Å²) in [5.41, 5.74) is 6.00. The first-order valence-electron chi connectivity index (χ1n) is 20.0. The fourth-order valence-electron chi connectivity index (χ4n) is 7.31. The van der Waals surface area contributed by atoms with Crippen LogP contribution in [0.15, 0.2) is 97.3 Å². The Balaban J connectivity index is 0.794. The van der Waals surface area contributed by atoms with Gasteiger partial charge in [0.15, 0.2) is 0 Å². The Bertz CT molecular complexity index is 2750. The van der Waals surface area contributed by atoms with Crippen LogP contribution in [0.1, 0.15) is 71.9 Å². The number of carbonyl (C=O) groups excluding carboxylic acids is 4. The lowest BCUT2D eigenvalue weighted by Crippen LogP contribution is -2.52. The van der Waals surface area contributed by atoms with Crippen molar-refractivity contribution in [2.45, 2.75) is 64.1 Å². The van der Waals surface area contributed by atoms with Crippen LogP contribution in [0.5, 0.6) is 5.75 Å². The topological polar surface area (TPSA) is 175 Å². The van der Waals surface area contributed by atoms with Crippen LogP contribution >= 0.6 is 0 Å². The number of imide groups is 1. The van der Waals surface area contributed by atoms with Gasteiger partial charge in [-0.05, 0) is 72.1 Å². The van der Waals surface area contributed by atoms with Crippen molar-refractivity contribution in [2.24, 2.45) is 0 Å². The second-order valence-corrected chi connectivity index (χ2v) is 16.2. The van der Waals surface area contributed by atoms with Crippen molar-refractivity contribution in [1.82, 2.24) is 35.3 Å². The van der Waals surface area contributed by atoms with Gasteiger partial charge in [-0.1, -0.05) is 56.9 Å². The zero-order valence-electron chi connectivity index (χ0n) is 34.1. The van der Waals surface area contributed by atoms with E-state index in [2.05, 4.69) is 48.3 Å². The normalized spacial score (nSPS) is 15.2. The number of nitrogens with one attached hydrogen (secondary N) is 5. The van der Waals surface area contributed by atoms with Gasteiger partial charge in [0.25, 0.3) is 11.8 Å². The van der Waals surface area contributed by atoms with Crippen molar-refractivity contribution in [2.75, 3.05) is 23.8 Å². The Morgan fingerprint density at radius 2 is 1.74 bits per heavy atom. The Morgan fingerprint density at radius 3 is 2.48 bits per heavy atom. The zero-order valence-corrected chi connectivity index (χ0v) is 34.1. The fourth-order valence-corrected chi connectivity index (χ4v) is 7.31. The van der Waals surface area contributed by atoms with E-state index >= 15 is 8.78 Å². The van der Waals surface area contributed by atoms with Crippen LogP contribution in [0.25, 0.3) is 16.7 Å². The first kappa shape index (κ1) is 41.4. The summed E-state index contributed by atoms with van der Waals surface area (Å²) < 4.78 is 38.1. The number of ether oxygens (including phenoxy) is 1. The number of fused-ring (bicyclic) bond motifs is 2. The molecule has 16 heteroatoms. The SMILES string of the molecule is CC(C)(C)c1cc(NC(=O)Nc2ccc(-n3cnc4cc(OCC#Cc5ccc(C(F)(F)CNCc6ccc7c(c6)CN(C6CCC(=O)NC6=O)C7=O)cc5)ccc43)cc2)[nH]n1. The Labute approximate surface area is 355 Å². The summed E-state index contributed by atoms with van der Waals surface area (Å²) in [6.07, 6.45) is 2.13. The van der Waals surface area contributed by atoms with Crippen LogP contribution in [0.4, 0.5) is 25.1 Å². The minimum Gasteiger partial charge on any atom is -0.481 e. The minimum atomic E-state index is -3.16. The number of benzene rings is 4. The molecular formula is C46H43F2N9O5. The Kier molecular flexibility index (Phi) is 11.3. The molecule has 0 spiro atoms. The van der Waals surface area contributed by atoms with E-state index in [1.54, 1.807) is 48.8 Å². The lowest BCUT2D eigenvalue weighted by molar-refractivity contribution is -0.136. The van der Waals surface area contributed by atoms with Crippen LogP contribution < -0.4 is 26.0 Å². The third-order valence-corrected chi connectivity index (χ3v) is 10.6. The Hall–Kier alpha value is -7.38. The maximum absolute atomic E-state index is 15.2. The van der Waals surface area contributed by atoms with Gasteiger partial charge in [-0.15, -0.1) is 0 Å². The number of urea groups is 1. The second-order valence-electron chi connectivity index (χ2n) is 16.2. The van der Waals surface area contributed by atoms with Gasteiger partial charge < -0.3 is 20.3 Å². The van der Waals surface area contributed by atoms with Crippen molar-refractivity contribution < 1.29 is 32.7 Å². The molecule has 1 atom stereocenters. The molecule has 0 aliphatic carbocycles. The molecule has 4 aromatic carbocycles. The number of carbonyl (C=O) groups is 4. The van der Waals surface area contributed by atoms with E-state index in [9.17, 15) is 19.2 Å². The number of imidazole rings is 1. The molecule has 0 bridgehead atoms. The third kappa shape index (κ3) is 9.18. The molecule has 0 radical (unpaired) electrons. The summed E-state index contributed by atoms with van der Waals surface area (Å²) in [6.45, 7) is 5.95. The van der Waals surface area contributed by atoms with Gasteiger partial charge >= 0.3 is 6.03 Å². The molecular weight excluding hydrogens is 797 g/mol. The quantitative estimate of drug-likeness (QED) is 0.0703. The predicted octanol–water partition coefficient (Wildman–Crippen LogP) is 6.76. The summed E-state index contributed by atoms with van der Waals surface area (Å²) in [4.78, 5) is 55.4. The van der Waals surface area contributed by atoms with E-state index in [0.717, 1.165) is 22.5 Å². The Morgan fingerprint density at radius 1 is 0.952 bits per heavy atom. The number of nitrogens with zero attached hydrogens (tertiary/aromatic N) is 4. The minimum absolute atomic E-state index is 0.0695. The highest BCUT2D eigenvalue weighted by Crippen LogP contribution is 2.30. The van der Waals surface area contributed by atoms with Crippen LogP contribution in [-0.4, -0.2) is 67.6 Å². The number of alkyl halides is 2. The fraction of sp³-hybridized carbons (Fsp3) is 0.261. The van der Waals surface area contributed by atoms with E-state index in [1.165, 1.54) is 17.0 Å². The molecule has 6 aromatic rings. The molecule has 1 fully saturated rings. The summed E-state index contributed by atoms with van der Waals surface area (Å²) in [6, 6.07) is 24.5. The van der Waals surface area contributed by atoms with Gasteiger partial charge in [0.1, 0.15) is 30.5 Å². The van der Waals surface area contributed by atoms with E-state index in [1.807, 2.05) is 61.7 Å². The average molecular weight is 840 g/mol. The van der Waals surface area contributed by atoms with Crippen molar-refractivity contribution in [3.05, 3.63) is 131 Å². The number of halogens is 2. The number of rotatable bonds is 11.